The van der Waals surface area contributed by atoms with Crippen LogP contribution in [0.1, 0.15) is 0 Å². The number of anilines is 1. The van der Waals surface area contributed by atoms with E-state index in [1.54, 1.807) is 13.1 Å². The molecule has 4 nitrogen and oxygen atoms in total. The Bertz CT molecular complexity index is 636. The highest BCUT2D eigenvalue weighted by Crippen LogP contribution is 2.11. The van der Waals surface area contributed by atoms with E-state index in [2.05, 4.69) is 5.32 Å². The summed E-state index contributed by atoms with van der Waals surface area (Å²) in [5, 5.41) is 3.24. The van der Waals surface area contributed by atoms with E-state index in [0.29, 0.717) is 5.69 Å². The number of nitrogens with one attached hydrogen (secondary N) is 1. The lowest BCUT2D eigenvalue weighted by atomic mass is 10.2. The molecule has 0 aliphatic carbocycles. The maximum atomic E-state index is 11.3. The third-order valence-corrected chi connectivity index (χ3v) is 2.21. The van der Waals surface area contributed by atoms with Crippen LogP contribution in [0.15, 0.2) is 32.6 Å². The van der Waals surface area contributed by atoms with Crippen LogP contribution >= 0.6 is 0 Å². The summed E-state index contributed by atoms with van der Waals surface area (Å²) in [5.41, 5.74) is -1.64. The summed E-state index contributed by atoms with van der Waals surface area (Å²) in [5.74, 6) is 0. The summed E-state index contributed by atoms with van der Waals surface area (Å²) >= 11 is 0. The van der Waals surface area contributed by atoms with Crippen LogP contribution in [-0.2, 0) is 0 Å². The fraction of sp³-hybridized carbons (Fsp3) is 0.100. The number of hydrogen-bond acceptors (Lipinski definition) is 4. The molecule has 0 fully saturated rings. The van der Waals surface area contributed by atoms with Crippen molar-refractivity contribution < 1.29 is 0 Å². The van der Waals surface area contributed by atoms with Crippen molar-refractivity contribution in [3.8, 4) is 0 Å². The first-order chi connectivity index (χ1) is 6.65. The molecule has 14 heavy (non-hydrogen) atoms. The van der Waals surface area contributed by atoms with Gasteiger partial charge in [0.05, 0.1) is 0 Å². The predicted molar refractivity (Wildman–Crippen MR) is 54.7 cm³/mol. The molecule has 2 aromatic rings. The lowest BCUT2D eigenvalue weighted by Gasteiger charge is -1.97. The summed E-state index contributed by atoms with van der Waals surface area (Å²) in [4.78, 5) is 33.5. The molecule has 0 heterocycles. The molecular weight excluding hydrogens is 182 g/mol. The van der Waals surface area contributed by atoms with E-state index in [1.807, 2.05) is 0 Å². The minimum absolute atomic E-state index is 0.201. The molecule has 0 amide bonds. The normalized spacial score (nSPS) is 10.6. The SMILES string of the molecule is CNc1ccc2c(=O)c(=O)c(=O)c2c1. The van der Waals surface area contributed by atoms with E-state index < -0.39 is 16.3 Å². The summed E-state index contributed by atoms with van der Waals surface area (Å²) in [6.45, 7) is 0. The van der Waals surface area contributed by atoms with Gasteiger partial charge in [0.25, 0.3) is 5.43 Å². The smallest absolute Gasteiger partial charge is 0.273 e. The van der Waals surface area contributed by atoms with E-state index in [4.69, 9.17) is 0 Å². The molecule has 4 heteroatoms. The minimum atomic E-state index is -0.937. The molecule has 0 radical (unpaired) electrons. The molecule has 0 atom stereocenters. The molecule has 0 saturated carbocycles. The number of rotatable bonds is 1. The van der Waals surface area contributed by atoms with Crippen LogP contribution < -0.4 is 21.6 Å². The van der Waals surface area contributed by atoms with Crippen LogP contribution in [0.3, 0.4) is 0 Å². The van der Waals surface area contributed by atoms with Crippen molar-refractivity contribution in [3.05, 3.63) is 48.9 Å². The molecule has 0 aromatic heterocycles. The second-order valence-electron chi connectivity index (χ2n) is 3.00. The zero-order valence-electron chi connectivity index (χ0n) is 7.46. The van der Waals surface area contributed by atoms with Gasteiger partial charge in [-0.2, -0.15) is 0 Å². The Labute approximate surface area is 78.5 Å². The van der Waals surface area contributed by atoms with E-state index in [1.165, 1.54) is 12.1 Å². The fourth-order valence-corrected chi connectivity index (χ4v) is 1.43. The van der Waals surface area contributed by atoms with Crippen LogP contribution in [0.2, 0.25) is 0 Å². The van der Waals surface area contributed by atoms with Crippen molar-refractivity contribution in [2.24, 2.45) is 0 Å². The van der Waals surface area contributed by atoms with E-state index >= 15 is 0 Å². The Morgan fingerprint density at radius 1 is 0.929 bits per heavy atom. The van der Waals surface area contributed by atoms with Crippen LogP contribution in [0, 0.1) is 0 Å². The molecule has 2 aromatic carbocycles. The van der Waals surface area contributed by atoms with E-state index in [9.17, 15) is 14.4 Å². The third kappa shape index (κ3) is 0.970. The van der Waals surface area contributed by atoms with Gasteiger partial charge in [0.2, 0.25) is 10.9 Å². The van der Waals surface area contributed by atoms with Crippen molar-refractivity contribution in [2.75, 3.05) is 12.4 Å². The van der Waals surface area contributed by atoms with Gasteiger partial charge in [0.1, 0.15) is 0 Å². The van der Waals surface area contributed by atoms with Gasteiger partial charge in [0.15, 0.2) is 0 Å². The standard InChI is InChI=1S/C10H7NO3/c1-11-5-2-3-6-7(4-5)9(13)10(14)8(6)12/h2-4,11H,1H3. The Hall–Kier alpha value is -1.97. The number of benzene rings is 1. The van der Waals surface area contributed by atoms with Gasteiger partial charge in [-0.05, 0) is 18.2 Å². The van der Waals surface area contributed by atoms with Gasteiger partial charge >= 0.3 is 0 Å². The van der Waals surface area contributed by atoms with Crippen molar-refractivity contribution in [1.82, 2.24) is 0 Å². The van der Waals surface area contributed by atoms with Crippen molar-refractivity contribution >= 4 is 16.5 Å². The summed E-state index contributed by atoms with van der Waals surface area (Å²) in [6, 6.07) is 4.66. The Morgan fingerprint density at radius 2 is 1.57 bits per heavy atom. The van der Waals surface area contributed by atoms with Crippen LogP contribution in [0.4, 0.5) is 5.69 Å². The van der Waals surface area contributed by atoms with Gasteiger partial charge in [-0.25, -0.2) is 0 Å². The molecule has 0 bridgehead atoms. The zero-order chi connectivity index (χ0) is 10.3. The average Bonchev–Trinajstić information content (AvgIpc) is 2.44. The third-order valence-electron chi connectivity index (χ3n) is 2.21. The highest BCUT2D eigenvalue weighted by atomic mass is 16.2. The van der Waals surface area contributed by atoms with Crippen LogP contribution in [0.25, 0.3) is 10.8 Å². The van der Waals surface area contributed by atoms with Gasteiger partial charge in [-0.15, -0.1) is 0 Å². The largest absolute Gasteiger partial charge is 0.388 e. The van der Waals surface area contributed by atoms with Crippen molar-refractivity contribution in [3.63, 3.8) is 0 Å². The number of hydrogen-bond donors (Lipinski definition) is 1. The molecule has 0 unspecified atom stereocenters. The van der Waals surface area contributed by atoms with Gasteiger partial charge in [-0.3, -0.25) is 14.4 Å². The van der Waals surface area contributed by atoms with Gasteiger partial charge in [-0.1, -0.05) is 0 Å². The van der Waals surface area contributed by atoms with Gasteiger partial charge < -0.3 is 5.32 Å². The fourth-order valence-electron chi connectivity index (χ4n) is 1.43. The summed E-state index contributed by atoms with van der Waals surface area (Å²) < 4.78 is 0. The van der Waals surface area contributed by atoms with E-state index in [-0.39, 0.29) is 10.8 Å². The zero-order valence-corrected chi connectivity index (χ0v) is 7.46. The Balaban J connectivity index is 3.04. The predicted octanol–water partition coefficient (Wildman–Crippen LogP) is -0.162. The minimum Gasteiger partial charge on any atom is -0.388 e. The first kappa shape index (κ1) is 8.62. The molecular formula is C10H7NO3. The Morgan fingerprint density at radius 3 is 2.21 bits per heavy atom. The molecule has 0 saturated heterocycles. The molecule has 2 rings (SSSR count). The van der Waals surface area contributed by atoms with Gasteiger partial charge in [0, 0.05) is 23.5 Å². The highest BCUT2D eigenvalue weighted by molar-refractivity contribution is 5.86. The molecule has 70 valence electrons. The second kappa shape index (κ2) is 2.77. The second-order valence-corrected chi connectivity index (χ2v) is 3.00. The van der Waals surface area contributed by atoms with Crippen molar-refractivity contribution in [1.29, 1.82) is 0 Å². The van der Waals surface area contributed by atoms with Crippen LogP contribution in [0.5, 0.6) is 0 Å². The summed E-state index contributed by atoms with van der Waals surface area (Å²) in [7, 11) is 1.70. The van der Waals surface area contributed by atoms with Crippen molar-refractivity contribution in [2.45, 2.75) is 0 Å². The first-order valence-electron chi connectivity index (χ1n) is 4.10. The molecule has 0 aliphatic rings. The monoisotopic (exact) mass is 189 g/mol. The molecule has 0 aliphatic heterocycles. The average molecular weight is 189 g/mol. The van der Waals surface area contributed by atoms with Crippen LogP contribution in [-0.4, -0.2) is 7.05 Å². The topological polar surface area (TPSA) is 63.2 Å². The lowest BCUT2D eigenvalue weighted by Crippen LogP contribution is -2.29. The highest BCUT2D eigenvalue weighted by Gasteiger charge is 2.11. The maximum absolute atomic E-state index is 11.3. The molecule has 1 N–H and O–H groups in total. The first-order valence-corrected chi connectivity index (χ1v) is 4.10. The van der Waals surface area contributed by atoms with E-state index in [0.717, 1.165) is 0 Å². The summed E-state index contributed by atoms with van der Waals surface area (Å²) in [6.07, 6.45) is 0. The lowest BCUT2D eigenvalue weighted by molar-refractivity contribution is 1.53. The Kier molecular flexibility index (Phi) is 1.70. The number of fused-ring (bicyclic) bond motifs is 1. The quantitative estimate of drug-likeness (QED) is 0.633. The maximum Gasteiger partial charge on any atom is 0.273 e. The molecule has 0 spiro atoms.